The average Bonchev–Trinajstić information content (AvgIpc) is 2.86. The molecule has 2 aliphatic heterocycles. The number of thioether (sulfide) groups is 1. The Morgan fingerprint density at radius 2 is 1.86 bits per heavy atom. The van der Waals surface area contributed by atoms with Crippen molar-refractivity contribution in [3.05, 3.63) is 88.5 Å². The largest absolute Gasteiger partial charge is 0.348 e. The van der Waals surface area contributed by atoms with Gasteiger partial charge in [-0.2, -0.15) is 0 Å². The van der Waals surface area contributed by atoms with Crippen LogP contribution in [0.5, 0.6) is 0 Å². The number of hydrogen-bond acceptors (Lipinski definition) is 5. The van der Waals surface area contributed by atoms with Gasteiger partial charge in [-0.15, -0.1) is 11.8 Å². The number of nitrogens with one attached hydrogen (secondary N) is 3. The highest BCUT2D eigenvalue weighted by molar-refractivity contribution is 8.00. The first-order valence-electron chi connectivity index (χ1n) is 11.5. The molecule has 35 heavy (non-hydrogen) atoms. The minimum absolute atomic E-state index is 0.0714. The second-order valence-electron chi connectivity index (χ2n) is 8.86. The first kappa shape index (κ1) is 23.1. The van der Waals surface area contributed by atoms with Gasteiger partial charge in [0, 0.05) is 41.3 Å². The number of hydrogen-bond donors (Lipinski definition) is 3. The normalized spacial score (nSPS) is 14.9. The lowest BCUT2D eigenvalue weighted by molar-refractivity contribution is -0.113. The van der Waals surface area contributed by atoms with E-state index in [0.29, 0.717) is 22.6 Å². The minimum Gasteiger partial charge on any atom is -0.348 e. The fraction of sp³-hybridized carbons (Fsp3) is 0.222. The lowest BCUT2D eigenvalue weighted by Gasteiger charge is -2.25. The minimum atomic E-state index is -0.244. The predicted octanol–water partition coefficient (Wildman–Crippen LogP) is 3.90. The van der Waals surface area contributed by atoms with Crippen LogP contribution < -0.4 is 16.0 Å². The standard InChI is InChI=1S/C27H26N4O3S/c1-31-10-9-18-5-7-22(12-21(18)15-31)29-27(34)19-4-2-3-17(11-19)14-28-26(33)20-6-8-24-23(13-20)30-25(32)16-35-24/h2-8,11-13H,9-10,14-16H2,1H3,(H,28,33)(H,29,34)(H,30,32). The number of carbonyl (C=O) groups is 3. The van der Waals surface area contributed by atoms with E-state index in [9.17, 15) is 14.4 Å². The molecule has 3 aromatic rings. The lowest BCUT2D eigenvalue weighted by Crippen LogP contribution is -2.26. The zero-order valence-electron chi connectivity index (χ0n) is 19.4. The van der Waals surface area contributed by atoms with Crippen molar-refractivity contribution in [2.45, 2.75) is 24.4 Å². The van der Waals surface area contributed by atoms with E-state index in [0.717, 1.165) is 35.7 Å². The molecule has 3 N–H and O–H groups in total. The third-order valence-electron chi connectivity index (χ3n) is 6.18. The van der Waals surface area contributed by atoms with Crippen LogP contribution in [0.2, 0.25) is 0 Å². The highest BCUT2D eigenvalue weighted by Gasteiger charge is 2.18. The van der Waals surface area contributed by atoms with Crippen molar-refractivity contribution in [2.24, 2.45) is 0 Å². The predicted molar refractivity (Wildman–Crippen MR) is 138 cm³/mol. The summed E-state index contributed by atoms with van der Waals surface area (Å²) in [7, 11) is 2.10. The van der Waals surface area contributed by atoms with Crippen molar-refractivity contribution in [1.29, 1.82) is 0 Å². The molecule has 8 heteroatoms. The summed E-state index contributed by atoms with van der Waals surface area (Å²) in [5.41, 5.74) is 5.83. The summed E-state index contributed by atoms with van der Waals surface area (Å²) in [5, 5.41) is 8.69. The van der Waals surface area contributed by atoms with Gasteiger partial charge in [0.25, 0.3) is 11.8 Å². The Hall–Kier alpha value is -3.62. The molecule has 7 nitrogen and oxygen atoms in total. The maximum absolute atomic E-state index is 12.9. The van der Waals surface area contributed by atoms with Gasteiger partial charge in [0.1, 0.15) is 0 Å². The van der Waals surface area contributed by atoms with Gasteiger partial charge in [0.15, 0.2) is 0 Å². The first-order chi connectivity index (χ1) is 16.9. The summed E-state index contributed by atoms with van der Waals surface area (Å²) in [5.74, 6) is -0.124. The van der Waals surface area contributed by atoms with E-state index in [4.69, 9.17) is 0 Å². The van der Waals surface area contributed by atoms with Crippen LogP contribution in [0.15, 0.2) is 65.6 Å². The van der Waals surface area contributed by atoms with Crippen LogP contribution in [0.1, 0.15) is 37.4 Å². The highest BCUT2D eigenvalue weighted by Crippen LogP contribution is 2.32. The number of nitrogens with zero attached hydrogens (tertiary/aromatic N) is 1. The monoisotopic (exact) mass is 486 g/mol. The summed E-state index contributed by atoms with van der Waals surface area (Å²) < 4.78 is 0. The Balaban J connectivity index is 1.22. The summed E-state index contributed by atoms with van der Waals surface area (Å²) in [4.78, 5) is 40.4. The van der Waals surface area contributed by atoms with Crippen LogP contribution in [-0.4, -0.2) is 42.0 Å². The van der Waals surface area contributed by atoms with Crippen LogP contribution in [0.4, 0.5) is 11.4 Å². The summed E-state index contributed by atoms with van der Waals surface area (Å²) >= 11 is 1.46. The van der Waals surface area contributed by atoms with Gasteiger partial charge in [-0.05, 0) is 72.6 Å². The molecule has 3 aromatic carbocycles. The molecule has 5 rings (SSSR count). The quantitative estimate of drug-likeness (QED) is 0.509. The molecule has 178 valence electrons. The zero-order chi connectivity index (χ0) is 24.4. The van der Waals surface area contributed by atoms with Crippen LogP contribution >= 0.6 is 11.8 Å². The molecule has 0 aliphatic carbocycles. The second-order valence-corrected chi connectivity index (χ2v) is 9.87. The van der Waals surface area contributed by atoms with E-state index in [1.54, 1.807) is 24.3 Å². The van der Waals surface area contributed by atoms with Gasteiger partial charge in [-0.25, -0.2) is 0 Å². The average molecular weight is 487 g/mol. The number of benzene rings is 3. The molecule has 2 heterocycles. The van der Waals surface area contributed by atoms with Crippen molar-refractivity contribution >= 4 is 40.9 Å². The molecule has 3 amide bonds. The highest BCUT2D eigenvalue weighted by atomic mass is 32.2. The molecule has 0 fully saturated rings. The van der Waals surface area contributed by atoms with Crippen molar-refractivity contribution in [3.63, 3.8) is 0 Å². The Bertz CT molecular complexity index is 1320. The van der Waals surface area contributed by atoms with Crippen molar-refractivity contribution in [2.75, 3.05) is 30.0 Å². The van der Waals surface area contributed by atoms with Crippen LogP contribution in [0.3, 0.4) is 0 Å². The molecule has 0 atom stereocenters. The Morgan fingerprint density at radius 3 is 2.74 bits per heavy atom. The maximum atomic E-state index is 12.9. The van der Waals surface area contributed by atoms with Crippen molar-refractivity contribution in [1.82, 2.24) is 10.2 Å². The maximum Gasteiger partial charge on any atom is 0.255 e. The molecule has 0 unspecified atom stereocenters. The number of anilines is 2. The smallest absolute Gasteiger partial charge is 0.255 e. The molecule has 0 saturated carbocycles. The van der Waals surface area contributed by atoms with Crippen LogP contribution in [0.25, 0.3) is 0 Å². The topological polar surface area (TPSA) is 90.5 Å². The van der Waals surface area contributed by atoms with E-state index < -0.39 is 0 Å². The van der Waals surface area contributed by atoms with Crippen LogP contribution in [-0.2, 0) is 24.3 Å². The Morgan fingerprint density at radius 1 is 1.00 bits per heavy atom. The molecule has 0 spiro atoms. The fourth-order valence-electron chi connectivity index (χ4n) is 4.31. The molecule has 0 radical (unpaired) electrons. The number of likely N-dealkylation sites (N-methyl/N-ethyl adjacent to an activating group) is 1. The summed E-state index contributed by atoms with van der Waals surface area (Å²) in [6.07, 6.45) is 1.02. The molecule has 0 saturated heterocycles. The SMILES string of the molecule is CN1CCc2ccc(NC(=O)c3cccc(CNC(=O)c4ccc5c(c4)NC(=O)CS5)c3)cc2C1. The summed E-state index contributed by atoms with van der Waals surface area (Å²) in [6.45, 7) is 2.21. The molecule has 0 bridgehead atoms. The Kier molecular flexibility index (Phi) is 6.57. The van der Waals surface area contributed by atoms with Gasteiger partial charge in [0.2, 0.25) is 5.91 Å². The van der Waals surface area contributed by atoms with E-state index in [1.165, 1.54) is 22.9 Å². The van der Waals surface area contributed by atoms with Gasteiger partial charge in [-0.1, -0.05) is 18.2 Å². The third kappa shape index (κ3) is 5.39. The molecule has 2 aliphatic rings. The van der Waals surface area contributed by atoms with E-state index in [2.05, 4.69) is 34.0 Å². The third-order valence-corrected chi connectivity index (χ3v) is 7.26. The molecular formula is C27H26N4O3S. The number of rotatable bonds is 5. The van der Waals surface area contributed by atoms with Crippen molar-refractivity contribution < 1.29 is 14.4 Å². The van der Waals surface area contributed by atoms with E-state index in [1.807, 2.05) is 30.3 Å². The van der Waals surface area contributed by atoms with Gasteiger partial charge < -0.3 is 20.9 Å². The van der Waals surface area contributed by atoms with Gasteiger partial charge in [0.05, 0.1) is 11.4 Å². The van der Waals surface area contributed by atoms with Crippen molar-refractivity contribution in [3.8, 4) is 0 Å². The van der Waals surface area contributed by atoms with E-state index in [-0.39, 0.29) is 24.3 Å². The number of amides is 3. The second kappa shape index (κ2) is 9.93. The van der Waals surface area contributed by atoms with E-state index >= 15 is 0 Å². The number of fused-ring (bicyclic) bond motifs is 2. The fourth-order valence-corrected chi connectivity index (χ4v) is 5.10. The summed E-state index contributed by atoms with van der Waals surface area (Å²) in [6, 6.07) is 18.6. The van der Waals surface area contributed by atoms with Crippen LogP contribution in [0, 0.1) is 0 Å². The van der Waals surface area contributed by atoms with Gasteiger partial charge in [-0.3, -0.25) is 14.4 Å². The number of carbonyl (C=O) groups excluding carboxylic acids is 3. The molecule has 0 aromatic heterocycles. The van der Waals surface area contributed by atoms with Gasteiger partial charge >= 0.3 is 0 Å². The first-order valence-corrected chi connectivity index (χ1v) is 12.5. The molecular weight excluding hydrogens is 460 g/mol. The lowest BCUT2D eigenvalue weighted by atomic mass is 9.99. The zero-order valence-corrected chi connectivity index (χ0v) is 20.2. The Labute approximate surface area is 208 Å².